The molecule has 2 amide bonds. The molecule has 0 bridgehead atoms. The van der Waals surface area contributed by atoms with Crippen molar-refractivity contribution in [3.05, 3.63) is 64.7 Å². The highest BCUT2D eigenvalue weighted by molar-refractivity contribution is 7.90. The zero-order valence-corrected chi connectivity index (χ0v) is 23.6. The largest absolute Gasteiger partial charge is 0.364 e. The number of benzene rings is 2. The van der Waals surface area contributed by atoms with Gasteiger partial charge in [0.15, 0.2) is 0 Å². The molecule has 0 spiro atoms. The van der Waals surface area contributed by atoms with Gasteiger partial charge in [0.2, 0.25) is 5.91 Å². The Labute approximate surface area is 230 Å². The van der Waals surface area contributed by atoms with Crippen molar-refractivity contribution in [1.29, 1.82) is 0 Å². The van der Waals surface area contributed by atoms with E-state index in [9.17, 15) is 28.1 Å². The summed E-state index contributed by atoms with van der Waals surface area (Å²) in [6.07, 6.45) is 5.73. The first-order valence-corrected chi connectivity index (χ1v) is 15.3. The topological polar surface area (TPSA) is 139 Å². The molecule has 1 unspecified atom stereocenters. The van der Waals surface area contributed by atoms with Gasteiger partial charge in [-0.05, 0) is 62.3 Å². The number of aryl methyl sites for hydroxylation is 2. The van der Waals surface area contributed by atoms with E-state index in [1.165, 1.54) is 6.26 Å². The standard InChI is InChI=1S/C29H38N2O7S/c1-20-11-10-12-21(2)25(20)26(32)30-23-14-5-4-13-22(23)19-24(27(33)38-35)31-28(34)29(15-6-7-16-29)17-8-9-18-39(3,36)37/h4-5,10-14,24,35H,6-9,15-19H2,1-3H3,(H,30,32)(H,31,34). The molecule has 3 rings (SSSR count). The lowest BCUT2D eigenvalue weighted by molar-refractivity contribution is -0.236. The summed E-state index contributed by atoms with van der Waals surface area (Å²) in [6, 6.07) is 11.4. The molecule has 2 aromatic rings. The lowest BCUT2D eigenvalue weighted by Crippen LogP contribution is -2.49. The van der Waals surface area contributed by atoms with Gasteiger partial charge in [0.25, 0.3) is 5.91 Å². The summed E-state index contributed by atoms with van der Waals surface area (Å²) in [4.78, 5) is 43.2. The number of hydrogen-bond acceptors (Lipinski definition) is 7. The maximum absolute atomic E-state index is 13.5. The summed E-state index contributed by atoms with van der Waals surface area (Å²) in [6.45, 7) is 3.72. The van der Waals surface area contributed by atoms with Gasteiger partial charge < -0.3 is 10.6 Å². The molecule has 3 N–H and O–H groups in total. The zero-order valence-electron chi connectivity index (χ0n) is 22.8. The third-order valence-corrected chi connectivity index (χ3v) is 8.57. The van der Waals surface area contributed by atoms with Crippen LogP contribution < -0.4 is 10.6 Å². The van der Waals surface area contributed by atoms with Crippen LogP contribution in [0.15, 0.2) is 42.5 Å². The van der Waals surface area contributed by atoms with Gasteiger partial charge in [0.05, 0.1) is 0 Å². The Kier molecular flexibility index (Phi) is 10.3. The van der Waals surface area contributed by atoms with Gasteiger partial charge in [-0.3, -0.25) is 14.5 Å². The lowest BCUT2D eigenvalue weighted by Gasteiger charge is -2.30. The number of para-hydroxylation sites is 1. The fraction of sp³-hybridized carbons (Fsp3) is 0.483. The van der Waals surface area contributed by atoms with Crippen molar-refractivity contribution in [1.82, 2.24) is 5.32 Å². The highest BCUT2D eigenvalue weighted by Crippen LogP contribution is 2.42. The molecule has 1 saturated carbocycles. The number of hydrogen-bond donors (Lipinski definition) is 3. The van der Waals surface area contributed by atoms with Crippen molar-refractivity contribution in [2.24, 2.45) is 5.41 Å². The SMILES string of the molecule is Cc1cccc(C)c1C(=O)Nc1ccccc1CC(NC(=O)C1(CCCCS(C)(=O)=O)CCCC1)C(=O)OO. The normalized spacial score (nSPS) is 15.4. The van der Waals surface area contributed by atoms with E-state index in [1.54, 1.807) is 24.3 Å². The molecule has 0 heterocycles. The van der Waals surface area contributed by atoms with Gasteiger partial charge in [0.1, 0.15) is 15.9 Å². The Bertz CT molecular complexity index is 1280. The summed E-state index contributed by atoms with van der Waals surface area (Å²) in [5.74, 6) is -1.55. The summed E-state index contributed by atoms with van der Waals surface area (Å²) in [5.41, 5.74) is 2.58. The van der Waals surface area contributed by atoms with Crippen molar-refractivity contribution in [3.8, 4) is 0 Å². The zero-order chi connectivity index (χ0) is 28.6. The molecule has 2 aromatic carbocycles. The molecule has 212 valence electrons. The number of amides is 2. The van der Waals surface area contributed by atoms with Gasteiger partial charge in [-0.1, -0.05) is 55.7 Å². The van der Waals surface area contributed by atoms with E-state index in [0.717, 1.165) is 24.0 Å². The number of rotatable bonds is 12. The molecule has 0 aliphatic heterocycles. The Morgan fingerprint density at radius 1 is 1.00 bits per heavy atom. The lowest BCUT2D eigenvalue weighted by atomic mass is 9.80. The van der Waals surface area contributed by atoms with Crippen LogP contribution in [0, 0.1) is 19.3 Å². The molecule has 0 saturated heterocycles. The monoisotopic (exact) mass is 558 g/mol. The number of carbonyl (C=O) groups is 3. The average Bonchev–Trinajstić information content (AvgIpc) is 3.36. The highest BCUT2D eigenvalue weighted by Gasteiger charge is 2.42. The van der Waals surface area contributed by atoms with Crippen LogP contribution >= 0.6 is 0 Å². The van der Waals surface area contributed by atoms with Gasteiger partial charge in [-0.2, -0.15) is 5.26 Å². The van der Waals surface area contributed by atoms with E-state index in [4.69, 9.17) is 0 Å². The van der Waals surface area contributed by atoms with E-state index >= 15 is 0 Å². The van der Waals surface area contributed by atoms with E-state index in [-0.39, 0.29) is 24.0 Å². The van der Waals surface area contributed by atoms with Crippen LogP contribution in [-0.2, 0) is 30.7 Å². The Morgan fingerprint density at radius 2 is 1.64 bits per heavy atom. The number of anilines is 1. The van der Waals surface area contributed by atoms with E-state index < -0.39 is 27.3 Å². The summed E-state index contributed by atoms with van der Waals surface area (Å²) < 4.78 is 23.0. The Balaban J connectivity index is 1.77. The number of nitrogens with one attached hydrogen (secondary N) is 2. The summed E-state index contributed by atoms with van der Waals surface area (Å²) >= 11 is 0. The second-order valence-electron chi connectivity index (χ2n) is 10.6. The third-order valence-electron chi connectivity index (χ3n) is 7.54. The first-order chi connectivity index (χ1) is 18.5. The molecule has 1 aliphatic carbocycles. The third kappa shape index (κ3) is 8.12. The first-order valence-electron chi connectivity index (χ1n) is 13.3. The number of sulfone groups is 1. The van der Waals surface area contributed by atoms with Crippen molar-refractivity contribution in [2.45, 2.75) is 71.3 Å². The van der Waals surface area contributed by atoms with Gasteiger partial charge in [-0.15, -0.1) is 0 Å². The van der Waals surface area contributed by atoms with Crippen LogP contribution in [0.4, 0.5) is 5.69 Å². The van der Waals surface area contributed by atoms with E-state index in [0.29, 0.717) is 48.9 Å². The molecule has 0 aromatic heterocycles. The minimum atomic E-state index is -3.08. The maximum Gasteiger partial charge on any atom is 0.364 e. The summed E-state index contributed by atoms with van der Waals surface area (Å²) in [7, 11) is -3.08. The van der Waals surface area contributed by atoms with E-state index in [1.807, 2.05) is 32.0 Å². The smallest absolute Gasteiger partial charge is 0.342 e. The van der Waals surface area contributed by atoms with Crippen LogP contribution in [0.1, 0.15) is 72.0 Å². The van der Waals surface area contributed by atoms with Gasteiger partial charge in [0, 0.05) is 35.1 Å². The van der Waals surface area contributed by atoms with E-state index in [2.05, 4.69) is 15.5 Å². The quantitative estimate of drug-likeness (QED) is 0.200. The minimum Gasteiger partial charge on any atom is -0.342 e. The average molecular weight is 559 g/mol. The first kappa shape index (κ1) is 30.3. The van der Waals surface area contributed by atoms with Crippen molar-refractivity contribution >= 4 is 33.3 Å². The minimum absolute atomic E-state index is 0.0154. The van der Waals surface area contributed by atoms with Gasteiger partial charge >= 0.3 is 5.97 Å². The fourth-order valence-corrected chi connectivity index (χ4v) is 6.16. The molecular formula is C29H38N2O7S. The number of carbonyl (C=O) groups excluding carboxylic acids is 3. The van der Waals surface area contributed by atoms with Crippen molar-refractivity contribution in [3.63, 3.8) is 0 Å². The predicted octanol–water partition coefficient (Wildman–Crippen LogP) is 4.37. The molecule has 1 aliphatic rings. The van der Waals surface area contributed by atoms with Crippen molar-refractivity contribution < 1.29 is 32.9 Å². The second kappa shape index (κ2) is 13.2. The predicted molar refractivity (Wildman–Crippen MR) is 149 cm³/mol. The van der Waals surface area contributed by atoms with Gasteiger partial charge in [-0.25, -0.2) is 13.2 Å². The Morgan fingerprint density at radius 3 is 2.26 bits per heavy atom. The maximum atomic E-state index is 13.5. The molecule has 10 heteroatoms. The molecule has 1 fully saturated rings. The molecule has 9 nitrogen and oxygen atoms in total. The van der Waals surface area contributed by atoms with Crippen LogP contribution in [0.25, 0.3) is 0 Å². The second-order valence-corrected chi connectivity index (χ2v) is 12.9. The number of unbranched alkanes of at least 4 members (excludes halogenated alkanes) is 1. The fourth-order valence-electron chi connectivity index (χ4n) is 5.44. The highest BCUT2D eigenvalue weighted by atomic mass is 32.2. The molecule has 1 atom stereocenters. The summed E-state index contributed by atoms with van der Waals surface area (Å²) in [5, 5.41) is 14.9. The Hall–Kier alpha value is -3.24. The van der Waals surface area contributed by atoms with Crippen LogP contribution in [0.5, 0.6) is 0 Å². The van der Waals surface area contributed by atoms with Crippen LogP contribution in [0.2, 0.25) is 0 Å². The van der Waals surface area contributed by atoms with Crippen LogP contribution in [0.3, 0.4) is 0 Å². The van der Waals surface area contributed by atoms with Crippen LogP contribution in [-0.4, -0.2) is 49.5 Å². The van der Waals surface area contributed by atoms with Crippen molar-refractivity contribution in [2.75, 3.05) is 17.3 Å². The molecule has 0 radical (unpaired) electrons. The molecule has 39 heavy (non-hydrogen) atoms. The molecular weight excluding hydrogens is 520 g/mol.